The lowest BCUT2D eigenvalue weighted by molar-refractivity contribution is 0.305. The first-order valence-electron chi connectivity index (χ1n) is 6.51. The second kappa shape index (κ2) is 5.23. The first-order valence-corrected chi connectivity index (χ1v) is 7.70. The van der Waals surface area contributed by atoms with Gasteiger partial charge in [-0.1, -0.05) is 22.9 Å². The van der Waals surface area contributed by atoms with Gasteiger partial charge in [0, 0.05) is 5.02 Å². The molecule has 0 aliphatic heterocycles. The van der Waals surface area contributed by atoms with Gasteiger partial charge in [0.25, 0.3) is 0 Å². The molecule has 8 heteroatoms. The number of benzene rings is 1. The third-order valence-corrected chi connectivity index (χ3v) is 4.03. The fourth-order valence-electron chi connectivity index (χ4n) is 1.73. The highest BCUT2D eigenvalue weighted by Gasteiger charge is 2.16. The van der Waals surface area contributed by atoms with Gasteiger partial charge in [-0.15, -0.1) is 10.2 Å². The quantitative estimate of drug-likeness (QED) is 0.801. The number of nitrogens with zero attached hydrogens (tertiary/aromatic N) is 5. The van der Waals surface area contributed by atoms with Crippen LogP contribution in [0.2, 0.25) is 5.02 Å². The van der Waals surface area contributed by atoms with E-state index < -0.39 is 0 Å². The van der Waals surface area contributed by atoms with Crippen molar-refractivity contribution in [2.24, 2.45) is 0 Å². The Kier molecular flexibility index (Phi) is 3.54. The van der Waals surface area contributed by atoms with Crippen LogP contribution >= 0.6 is 22.9 Å². The standard InChI is InChI=1S/C13H15ClN6S/c1-13(2,3)20-18-11(17-19-20)7-15-12-16-9-6-8(14)4-5-10(9)21-12/h4-6H,7H2,1-3H3,(H,15,16). The van der Waals surface area contributed by atoms with Crippen molar-refractivity contribution in [2.75, 3.05) is 5.32 Å². The van der Waals surface area contributed by atoms with Gasteiger partial charge >= 0.3 is 0 Å². The van der Waals surface area contributed by atoms with Crippen molar-refractivity contribution in [1.82, 2.24) is 25.2 Å². The Bertz CT molecular complexity index is 772. The molecule has 0 aliphatic rings. The van der Waals surface area contributed by atoms with Crippen molar-refractivity contribution in [2.45, 2.75) is 32.9 Å². The Labute approximate surface area is 131 Å². The summed E-state index contributed by atoms with van der Waals surface area (Å²) < 4.78 is 1.09. The van der Waals surface area contributed by atoms with Crippen molar-refractivity contribution >= 4 is 38.3 Å². The monoisotopic (exact) mass is 322 g/mol. The molecule has 1 aromatic carbocycles. The number of nitrogens with one attached hydrogen (secondary N) is 1. The van der Waals surface area contributed by atoms with Crippen molar-refractivity contribution in [3.63, 3.8) is 0 Å². The summed E-state index contributed by atoms with van der Waals surface area (Å²) in [5.74, 6) is 0.641. The van der Waals surface area contributed by atoms with Crippen LogP contribution in [0.15, 0.2) is 18.2 Å². The van der Waals surface area contributed by atoms with E-state index in [1.54, 1.807) is 16.1 Å². The molecule has 3 aromatic rings. The lowest BCUT2D eigenvalue weighted by atomic mass is 10.1. The summed E-state index contributed by atoms with van der Waals surface area (Å²) >= 11 is 7.53. The van der Waals surface area contributed by atoms with Gasteiger partial charge in [-0.25, -0.2) is 4.98 Å². The number of aromatic nitrogens is 5. The minimum atomic E-state index is -0.169. The van der Waals surface area contributed by atoms with E-state index in [1.165, 1.54) is 0 Å². The first kappa shape index (κ1) is 14.2. The number of hydrogen-bond acceptors (Lipinski definition) is 6. The molecule has 0 fully saturated rings. The molecule has 110 valence electrons. The molecule has 2 aromatic heterocycles. The Morgan fingerprint density at radius 3 is 2.86 bits per heavy atom. The molecular formula is C13H15ClN6S. The highest BCUT2D eigenvalue weighted by atomic mass is 35.5. The highest BCUT2D eigenvalue weighted by molar-refractivity contribution is 7.22. The molecule has 0 bridgehead atoms. The number of tetrazole rings is 1. The Morgan fingerprint density at radius 2 is 2.14 bits per heavy atom. The smallest absolute Gasteiger partial charge is 0.193 e. The molecular weight excluding hydrogens is 308 g/mol. The summed E-state index contributed by atoms with van der Waals surface area (Å²) in [6.07, 6.45) is 0. The van der Waals surface area contributed by atoms with Crippen molar-refractivity contribution < 1.29 is 0 Å². The summed E-state index contributed by atoms with van der Waals surface area (Å²) in [6, 6.07) is 5.68. The van der Waals surface area contributed by atoms with Gasteiger partial charge in [-0.2, -0.15) is 4.80 Å². The molecule has 0 amide bonds. The van der Waals surface area contributed by atoms with Crippen LogP contribution in [-0.4, -0.2) is 25.2 Å². The van der Waals surface area contributed by atoms with E-state index in [1.807, 2.05) is 39.0 Å². The number of fused-ring (bicyclic) bond motifs is 1. The van der Waals surface area contributed by atoms with Crippen molar-refractivity contribution in [3.05, 3.63) is 29.0 Å². The minimum absolute atomic E-state index is 0.169. The summed E-state index contributed by atoms with van der Waals surface area (Å²) in [5.41, 5.74) is 0.721. The van der Waals surface area contributed by atoms with E-state index in [-0.39, 0.29) is 5.54 Å². The van der Waals surface area contributed by atoms with Crippen LogP contribution in [0, 0.1) is 0 Å². The van der Waals surface area contributed by atoms with Gasteiger partial charge in [-0.05, 0) is 44.2 Å². The fourth-order valence-corrected chi connectivity index (χ4v) is 2.74. The van der Waals surface area contributed by atoms with Crippen LogP contribution < -0.4 is 5.32 Å². The summed E-state index contributed by atoms with van der Waals surface area (Å²) in [7, 11) is 0. The maximum absolute atomic E-state index is 5.96. The van der Waals surface area contributed by atoms with E-state index in [0.29, 0.717) is 17.4 Å². The molecule has 6 nitrogen and oxygen atoms in total. The summed E-state index contributed by atoms with van der Waals surface area (Å²) in [5, 5.41) is 17.2. The van der Waals surface area contributed by atoms with Crippen molar-refractivity contribution in [3.8, 4) is 0 Å². The van der Waals surface area contributed by atoms with Crippen molar-refractivity contribution in [1.29, 1.82) is 0 Å². The molecule has 0 spiro atoms. The maximum Gasteiger partial charge on any atom is 0.193 e. The number of anilines is 1. The van der Waals surface area contributed by atoms with Crippen LogP contribution in [-0.2, 0) is 12.1 Å². The largest absolute Gasteiger partial charge is 0.354 e. The minimum Gasteiger partial charge on any atom is -0.354 e. The Balaban J connectivity index is 1.73. The van der Waals surface area contributed by atoms with Gasteiger partial charge in [0.2, 0.25) is 0 Å². The molecule has 0 atom stereocenters. The average molecular weight is 323 g/mol. The van der Waals surface area contributed by atoms with Crippen LogP contribution in [0.3, 0.4) is 0 Å². The molecule has 3 rings (SSSR count). The zero-order valence-electron chi connectivity index (χ0n) is 12.0. The Hall–Kier alpha value is -1.73. The molecule has 1 N–H and O–H groups in total. The van der Waals surface area contributed by atoms with Gasteiger partial charge in [0.1, 0.15) is 0 Å². The fraction of sp³-hybridized carbons (Fsp3) is 0.385. The van der Waals surface area contributed by atoms with E-state index >= 15 is 0 Å². The van der Waals surface area contributed by atoms with Crippen LogP contribution in [0.4, 0.5) is 5.13 Å². The molecule has 0 saturated carbocycles. The lowest BCUT2D eigenvalue weighted by Crippen LogP contribution is -2.24. The molecule has 2 heterocycles. The average Bonchev–Trinajstić information content (AvgIpc) is 3.01. The zero-order chi connectivity index (χ0) is 15.0. The Morgan fingerprint density at radius 1 is 1.33 bits per heavy atom. The summed E-state index contributed by atoms with van der Waals surface area (Å²) in [4.78, 5) is 6.10. The topological polar surface area (TPSA) is 68.5 Å². The first-order chi connectivity index (χ1) is 9.91. The van der Waals surface area contributed by atoms with Crippen LogP contribution in [0.1, 0.15) is 26.6 Å². The molecule has 0 unspecified atom stereocenters. The van der Waals surface area contributed by atoms with Gasteiger partial charge in [0.05, 0.1) is 22.3 Å². The summed E-state index contributed by atoms with van der Waals surface area (Å²) in [6.45, 7) is 6.58. The molecule has 0 aliphatic carbocycles. The third kappa shape index (κ3) is 3.14. The third-order valence-electron chi connectivity index (χ3n) is 2.80. The number of halogens is 1. The lowest BCUT2D eigenvalue weighted by Gasteiger charge is -2.15. The van der Waals surface area contributed by atoms with Crippen LogP contribution in [0.5, 0.6) is 0 Å². The second-order valence-corrected chi connectivity index (χ2v) is 7.12. The second-order valence-electron chi connectivity index (χ2n) is 5.65. The van der Waals surface area contributed by atoms with Gasteiger partial charge in [0.15, 0.2) is 11.0 Å². The van der Waals surface area contributed by atoms with E-state index in [0.717, 1.165) is 15.3 Å². The zero-order valence-corrected chi connectivity index (χ0v) is 13.5. The van der Waals surface area contributed by atoms with Gasteiger partial charge in [-0.3, -0.25) is 0 Å². The number of thiazole rings is 1. The normalized spacial score (nSPS) is 12.0. The van der Waals surface area contributed by atoms with E-state index in [4.69, 9.17) is 11.6 Å². The highest BCUT2D eigenvalue weighted by Crippen LogP contribution is 2.28. The molecule has 0 radical (unpaired) electrons. The van der Waals surface area contributed by atoms with E-state index in [2.05, 4.69) is 25.7 Å². The van der Waals surface area contributed by atoms with E-state index in [9.17, 15) is 0 Å². The van der Waals surface area contributed by atoms with Gasteiger partial charge < -0.3 is 5.32 Å². The number of rotatable bonds is 3. The predicted octanol–water partition coefficient (Wildman–Crippen LogP) is 3.30. The SMILES string of the molecule is CC(C)(C)n1nnc(CNc2nc3cc(Cl)ccc3s2)n1. The predicted molar refractivity (Wildman–Crippen MR) is 84.8 cm³/mol. The molecule has 0 saturated heterocycles. The molecule has 21 heavy (non-hydrogen) atoms. The van der Waals surface area contributed by atoms with Crippen LogP contribution in [0.25, 0.3) is 10.2 Å². The maximum atomic E-state index is 5.96. The number of hydrogen-bond donors (Lipinski definition) is 1.